The third-order valence-corrected chi connectivity index (χ3v) is 6.12. The van der Waals surface area contributed by atoms with Gasteiger partial charge in [-0.25, -0.2) is 0 Å². The minimum absolute atomic E-state index is 0.107. The molecule has 0 spiro atoms. The van der Waals surface area contributed by atoms with Gasteiger partial charge in [-0.3, -0.25) is 19.6 Å². The SMILES string of the molecule is CCCCNC(=O)c1ccc(-c2ccc3ncc(C(=O)CCC)c(Cc4ccccc4)c3c2)nc1. The van der Waals surface area contributed by atoms with Crippen LogP contribution in [0.25, 0.3) is 22.2 Å². The number of carbonyl (C=O) groups excluding carboxylic acids is 2. The molecule has 1 N–H and O–H groups in total. The van der Waals surface area contributed by atoms with E-state index in [0.717, 1.165) is 52.5 Å². The van der Waals surface area contributed by atoms with Gasteiger partial charge in [-0.05, 0) is 54.7 Å². The Bertz CT molecular complexity index is 1320. The van der Waals surface area contributed by atoms with Crippen LogP contribution in [0, 0.1) is 0 Å². The molecule has 0 aliphatic rings. The fraction of sp³-hybridized carbons (Fsp3) is 0.267. The quantitative estimate of drug-likeness (QED) is 0.217. The average Bonchev–Trinajstić information content (AvgIpc) is 2.89. The molecule has 35 heavy (non-hydrogen) atoms. The van der Waals surface area contributed by atoms with Gasteiger partial charge in [0.05, 0.1) is 16.8 Å². The summed E-state index contributed by atoms with van der Waals surface area (Å²) in [5.41, 5.74) is 5.91. The lowest BCUT2D eigenvalue weighted by Crippen LogP contribution is -2.24. The van der Waals surface area contributed by atoms with Crippen LogP contribution in [0.2, 0.25) is 0 Å². The van der Waals surface area contributed by atoms with Crippen molar-refractivity contribution >= 4 is 22.6 Å². The molecule has 0 bridgehead atoms. The van der Waals surface area contributed by atoms with E-state index in [-0.39, 0.29) is 11.7 Å². The molecule has 0 radical (unpaired) electrons. The maximum absolute atomic E-state index is 13.0. The van der Waals surface area contributed by atoms with Crippen LogP contribution in [-0.2, 0) is 6.42 Å². The van der Waals surface area contributed by atoms with Gasteiger partial charge in [-0.15, -0.1) is 0 Å². The van der Waals surface area contributed by atoms with Gasteiger partial charge < -0.3 is 5.32 Å². The van der Waals surface area contributed by atoms with Gasteiger partial charge in [0.15, 0.2) is 5.78 Å². The van der Waals surface area contributed by atoms with Crippen molar-refractivity contribution in [3.05, 3.63) is 95.3 Å². The zero-order valence-electron chi connectivity index (χ0n) is 20.4. The van der Waals surface area contributed by atoms with Gasteiger partial charge in [0, 0.05) is 41.9 Å². The number of hydrogen-bond donors (Lipinski definition) is 1. The van der Waals surface area contributed by atoms with Crippen molar-refractivity contribution in [2.24, 2.45) is 0 Å². The predicted octanol–water partition coefficient (Wildman–Crippen LogP) is 6.40. The molecule has 5 nitrogen and oxygen atoms in total. The van der Waals surface area contributed by atoms with Crippen LogP contribution in [0.1, 0.15) is 71.4 Å². The Morgan fingerprint density at radius 2 is 1.71 bits per heavy atom. The summed E-state index contributed by atoms with van der Waals surface area (Å²) < 4.78 is 0. The van der Waals surface area contributed by atoms with Gasteiger partial charge in [-0.1, -0.05) is 56.7 Å². The van der Waals surface area contributed by atoms with E-state index in [1.165, 1.54) is 0 Å². The van der Waals surface area contributed by atoms with Crippen molar-refractivity contribution in [3.63, 3.8) is 0 Å². The normalized spacial score (nSPS) is 10.9. The molecular weight excluding hydrogens is 434 g/mol. The van der Waals surface area contributed by atoms with Crippen molar-refractivity contribution in [1.82, 2.24) is 15.3 Å². The van der Waals surface area contributed by atoms with E-state index in [0.29, 0.717) is 30.5 Å². The highest BCUT2D eigenvalue weighted by Crippen LogP contribution is 2.29. The lowest BCUT2D eigenvalue weighted by molar-refractivity contribution is 0.0950. The second-order valence-electron chi connectivity index (χ2n) is 8.76. The molecule has 0 saturated carbocycles. The molecule has 0 atom stereocenters. The van der Waals surface area contributed by atoms with E-state index in [1.807, 2.05) is 43.3 Å². The summed E-state index contributed by atoms with van der Waals surface area (Å²) >= 11 is 0. The molecule has 0 saturated heterocycles. The number of rotatable bonds is 10. The number of benzene rings is 2. The molecule has 0 fully saturated rings. The van der Waals surface area contributed by atoms with E-state index in [9.17, 15) is 9.59 Å². The van der Waals surface area contributed by atoms with Crippen molar-refractivity contribution in [2.75, 3.05) is 6.54 Å². The summed E-state index contributed by atoms with van der Waals surface area (Å²) in [5, 5.41) is 3.88. The lowest BCUT2D eigenvalue weighted by atomic mass is 9.92. The largest absolute Gasteiger partial charge is 0.352 e. The number of unbranched alkanes of at least 4 members (excludes halogenated alkanes) is 1. The Morgan fingerprint density at radius 1 is 0.886 bits per heavy atom. The first-order chi connectivity index (χ1) is 17.1. The highest BCUT2D eigenvalue weighted by Gasteiger charge is 2.16. The monoisotopic (exact) mass is 465 g/mol. The summed E-state index contributed by atoms with van der Waals surface area (Å²) in [6.45, 7) is 4.77. The minimum atomic E-state index is -0.107. The highest BCUT2D eigenvalue weighted by molar-refractivity contribution is 6.02. The smallest absolute Gasteiger partial charge is 0.252 e. The molecule has 1 amide bonds. The first-order valence-corrected chi connectivity index (χ1v) is 12.3. The van der Waals surface area contributed by atoms with Crippen LogP contribution < -0.4 is 5.32 Å². The molecule has 0 aliphatic heterocycles. The Morgan fingerprint density at radius 3 is 2.43 bits per heavy atom. The number of fused-ring (bicyclic) bond motifs is 1. The molecule has 178 valence electrons. The zero-order chi connectivity index (χ0) is 24.6. The number of pyridine rings is 2. The Hall–Kier alpha value is -3.86. The third kappa shape index (κ3) is 5.80. The fourth-order valence-corrected chi connectivity index (χ4v) is 4.18. The van der Waals surface area contributed by atoms with Crippen molar-refractivity contribution < 1.29 is 9.59 Å². The number of Topliss-reactive ketones (excluding diaryl/α,β-unsaturated/α-hetero) is 1. The van der Waals surface area contributed by atoms with E-state index >= 15 is 0 Å². The number of carbonyl (C=O) groups is 2. The molecule has 4 rings (SSSR count). The Balaban J connectivity index is 1.72. The van der Waals surface area contributed by atoms with Crippen LogP contribution in [0.4, 0.5) is 0 Å². The maximum atomic E-state index is 13.0. The number of hydrogen-bond acceptors (Lipinski definition) is 4. The summed E-state index contributed by atoms with van der Waals surface area (Å²) in [5.74, 6) is 0.0132. The number of nitrogens with one attached hydrogen (secondary N) is 1. The average molecular weight is 466 g/mol. The summed E-state index contributed by atoms with van der Waals surface area (Å²) in [4.78, 5) is 34.4. The molecule has 0 unspecified atom stereocenters. The molecule has 5 heteroatoms. The van der Waals surface area contributed by atoms with Crippen LogP contribution in [-0.4, -0.2) is 28.2 Å². The second-order valence-corrected chi connectivity index (χ2v) is 8.76. The number of amides is 1. The van der Waals surface area contributed by atoms with Gasteiger partial charge in [0.2, 0.25) is 0 Å². The van der Waals surface area contributed by atoms with Crippen molar-refractivity contribution in [2.45, 2.75) is 46.0 Å². The molecule has 2 aromatic carbocycles. The lowest BCUT2D eigenvalue weighted by Gasteiger charge is -2.13. The summed E-state index contributed by atoms with van der Waals surface area (Å²) in [6.07, 6.45) is 7.27. The first-order valence-electron chi connectivity index (χ1n) is 12.3. The number of aromatic nitrogens is 2. The summed E-state index contributed by atoms with van der Waals surface area (Å²) in [6, 6.07) is 19.9. The molecular formula is C30H31N3O2. The molecule has 2 aromatic heterocycles. The van der Waals surface area contributed by atoms with Crippen molar-refractivity contribution in [3.8, 4) is 11.3 Å². The van der Waals surface area contributed by atoms with E-state index in [4.69, 9.17) is 0 Å². The highest BCUT2D eigenvalue weighted by atomic mass is 16.1. The van der Waals surface area contributed by atoms with Gasteiger partial charge >= 0.3 is 0 Å². The van der Waals surface area contributed by atoms with Crippen LogP contribution in [0.15, 0.2) is 73.1 Å². The van der Waals surface area contributed by atoms with E-state index in [1.54, 1.807) is 18.5 Å². The van der Waals surface area contributed by atoms with Crippen LogP contribution in [0.5, 0.6) is 0 Å². The second kappa shape index (κ2) is 11.5. The first kappa shape index (κ1) is 24.3. The number of ketones is 1. The van der Waals surface area contributed by atoms with Crippen LogP contribution >= 0.6 is 0 Å². The van der Waals surface area contributed by atoms with Crippen molar-refractivity contribution in [1.29, 1.82) is 0 Å². The molecule has 2 heterocycles. The number of nitrogens with zero attached hydrogens (tertiary/aromatic N) is 2. The Labute approximate surface area is 206 Å². The predicted molar refractivity (Wildman–Crippen MR) is 141 cm³/mol. The minimum Gasteiger partial charge on any atom is -0.352 e. The molecule has 4 aromatic rings. The van der Waals surface area contributed by atoms with E-state index < -0.39 is 0 Å². The van der Waals surface area contributed by atoms with Gasteiger partial charge in [0.1, 0.15) is 0 Å². The van der Waals surface area contributed by atoms with Gasteiger partial charge in [-0.2, -0.15) is 0 Å². The molecule has 0 aliphatic carbocycles. The van der Waals surface area contributed by atoms with Crippen LogP contribution in [0.3, 0.4) is 0 Å². The fourth-order valence-electron chi connectivity index (χ4n) is 4.18. The van der Waals surface area contributed by atoms with Gasteiger partial charge in [0.25, 0.3) is 5.91 Å². The third-order valence-electron chi connectivity index (χ3n) is 6.12. The van der Waals surface area contributed by atoms with E-state index in [2.05, 4.69) is 40.4 Å². The topological polar surface area (TPSA) is 72.0 Å². The standard InChI is InChI=1S/C30H31N3O2/c1-3-5-16-31-30(35)23-13-14-27(32-19-23)22-12-15-28-25(18-22)24(17-21-10-7-6-8-11-21)26(20-33-28)29(34)9-4-2/h6-8,10-15,18-20H,3-5,9,16-17H2,1-2H3,(H,31,35). The zero-order valence-corrected chi connectivity index (χ0v) is 20.4. The summed E-state index contributed by atoms with van der Waals surface area (Å²) in [7, 11) is 0. The maximum Gasteiger partial charge on any atom is 0.252 e. The Kier molecular flexibility index (Phi) is 7.99.